The molecule has 0 atom stereocenters. The van der Waals surface area contributed by atoms with E-state index < -0.39 is 6.09 Å². The summed E-state index contributed by atoms with van der Waals surface area (Å²) >= 11 is 0. The number of pyridine rings is 1. The van der Waals surface area contributed by atoms with Crippen molar-refractivity contribution in [2.45, 2.75) is 19.3 Å². The Balaban J connectivity index is 1.55. The first-order valence-corrected chi connectivity index (χ1v) is 7.73. The van der Waals surface area contributed by atoms with Crippen molar-refractivity contribution in [3.05, 3.63) is 60.4 Å². The first-order chi connectivity index (χ1) is 11.8. The molecule has 4 nitrogen and oxygen atoms in total. The Hall–Kier alpha value is -3.24. The molecule has 0 bridgehead atoms. The average Bonchev–Trinajstić information content (AvgIpc) is 2.62. The summed E-state index contributed by atoms with van der Waals surface area (Å²) < 4.78 is 5.10. The fourth-order valence-corrected chi connectivity index (χ4v) is 1.79. The highest BCUT2D eigenvalue weighted by Gasteiger charge is 2.01. The molecule has 1 N–H and O–H groups in total. The van der Waals surface area contributed by atoms with Gasteiger partial charge in [0.25, 0.3) is 0 Å². The van der Waals surface area contributed by atoms with Gasteiger partial charge >= 0.3 is 6.09 Å². The van der Waals surface area contributed by atoms with E-state index in [0.29, 0.717) is 12.3 Å². The fraction of sp³-hybridized carbons (Fsp3) is 0.200. The highest BCUT2D eigenvalue weighted by molar-refractivity contribution is 5.84. The van der Waals surface area contributed by atoms with Crippen LogP contribution in [0, 0.1) is 23.7 Å². The first kappa shape index (κ1) is 17.1. The van der Waals surface area contributed by atoms with Crippen LogP contribution >= 0.6 is 0 Å². The molecule has 1 aromatic carbocycles. The molecule has 1 heterocycles. The number of hydrogen-bond acceptors (Lipinski definition) is 3. The molecule has 0 aliphatic carbocycles. The van der Waals surface area contributed by atoms with E-state index in [0.717, 1.165) is 24.9 Å². The van der Waals surface area contributed by atoms with Gasteiger partial charge in [0.15, 0.2) is 0 Å². The van der Waals surface area contributed by atoms with Crippen LogP contribution in [0.3, 0.4) is 0 Å². The molecular formula is C20H18N2O2. The maximum atomic E-state index is 11.5. The molecule has 1 aromatic heterocycles. The summed E-state index contributed by atoms with van der Waals surface area (Å²) in [5, 5.41) is 2.66. The van der Waals surface area contributed by atoms with Crippen molar-refractivity contribution in [1.82, 2.24) is 4.98 Å². The molecule has 2 aromatic rings. The minimum atomic E-state index is -0.437. The molecule has 2 rings (SSSR count). The lowest BCUT2D eigenvalue weighted by Gasteiger charge is -2.05. The second kappa shape index (κ2) is 10.5. The monoisotopic (exact) mass is 318 g/mol. The van der Waals surface area contributed by atoms with E-state index in [9.17, 15) is 4.79 Å². The number of rotatable bonds is 5. The number of aromatic nitrogens is 1. The molecule has 0 radical (unpaired) electrons. The SMILES string of the molecule is O=C(Nc1ccccc1)OCCCCC#CC#Cc1ccccn1. The summed E-state index contributed by atoms with van der Waals surface area (Å²) in [6, 6.07) is 14.8. The third kappa shape index (κ3) is 7.15. The van der Waals surface area contributed by atoms with E-state index in [1.165, 1.54) is 0 Å². The molecule has 24 heavy (non-hydrogen) atoms. The van der Waals surface area contributed by atoms with Crippen molar-refractivity contribution in [2.24, 2.45) is 0 Å². The summed E-state index contributed by atoms with van der Waals surface area (Å²) in [6.45, 7) is 0.375. The van der Waals surface area contributed by atoms with Gasteiger partial charge in [-0.15, -0.1) is 0 Å². The Morgan fingerprint density at radius 3 is 2.67 bits per heavy atom. The van der Waals surface area contributed by atoms with Gasteiger partial charge in [-0.3, -0.25) is 5.32 Å². The number of unbranched alkanes of at least 4 members (excludes halogenated alkanes) is 2. The van der Waals surface area contributed by atoms with Crippen LogP contribution in [0.5, 0.6) is 0 Å². The summed E-state index contributed by atoms with van der Waals surface area (Å²) in [5.41, 5.74) is 1.43. The largest absolute Gasteiger partial charge is 0.449 e. The smallest absolute Gasteiger partial charge is 0.411 e. The van der Waals surface area contributed by atoms with Crippen molar-refractivity contribution in [3.8, 4) is 23.7 Å². The fourth-order valence-electron chi connectivity index (χ4n) is 1.79. The van der Waals surface area contributed by atoms with Crippen molar-refractivity contribution in [1.29, 1.82) is 0 Å². The van der Waals surface area contributed by atoms with Crippen LogP contribution in [-0.4, -0.2) is 17.7 Å². The number of amides is 1. The van der Waals surface area contributed by atoms with Crippen molar-refractivity contribution in [2.75, 3.05) is 11.9 Å². The molecule has 4 heteroatoms. The highest BCUT2D eigenvalue weighted by Crippen LogP contribution is 2.05. The zero-order valence-corrected chi connectivity index (χ0v) is 13.3. The Bertz CT molecular complexity index is 750. The van der Waals surface area contributed by atoms with Crippen LogP contribution in [0.15, 0.2) is 54.7 Å². The number of benzene rings is 1. The number of carbonyl (C=O) groups excluding carboxylic acids is 1. The van der Waals surface area contributed by atoms with E-state index >= 15 is 0 Å². The molecule has 1 amide bonds. The number of ether oxygens (including phenoxy) is 1. The van der Waals surface area contributed by atoms with Crippen molar-refractivity contribution in [3.63, 3.8) is 0 Å². The maximum Gasteiger partial charge on any atom is 0.411 e. The predicted octanol–water partition coefficient (Wildman–Crippen LogP) is 3.86. The minimum Gasteiger partial charge on any atom is -0.449 e. The normalized spacial score (nSPS) is 9.00. The van der Waals surface area contributed by atoms with Crippen LogP contribution in [0.25, 0.3) is 0 Å². The number of nitrogens with zero attached hydrogens (tertiary/aromatic N) is 1. The molecule has 0 spiro atoms. The summed E-state index contributed by atoms with van der Waals surface area (Å²) in [4.78, 5) is 15.6. The molecule has 0 saturated heterocycles. The number of nitrogens with one attached hydrogen (secondary N) is 1. The van der Waals surface area contributed by atoms with Gasteiger partial charge in [0, 0.05) is 18.3 Å². The first-order valence-electron chi connectivity index (χ1n) is 7.73. The summed E-state index contributed by atoms with van der Waals surface area (Å²) in [7, 11) is 0. The van der Waals surface area contributed by atoms with E-state index in [-0.39, 0.29) is 0 Å². The maximum absolute atomic E-state index is 11.5. The van der Waals surface area contributed by atoms with Crippen LogP contribution in [0.1, 0.15) is 25.0 Å². The zero-order valence-electron chi connectivity index (χ0n) is 13.3. The summed E-state index contributed by atoms with van der Waals surface area (Å²) in [5.74, 6) is 11.4. The van der Waals surface area contributed by atoms with E-state index in [1.807, 2.05) is 48.5 Å². The van der Waals surface area contributed by atoms with Gasteiger partial charge in [0.1, 0.15) is 5.69 Å². The highest BCUT2D eigenvalue weighted by atomic mass is 16.5. The topological polar surface area (TPSA) is 51.2 Å². The van der Waals surface area contributed by atoms with E-state index in [2.05, 4.69) is 34.0 Å². The lowest BCUT2D eigenvalue weighted by atomic mass is 10.2. The molecule has 0 unspecified atom stereocenters. The summed E-state index contributed by atoms with van der Waals surface area (Å²) in [6.07, 6.45) is 3.61. The standard InChI is InChI=1S/C20H18N2O2/c23-20(22-19-14-7-5-8-15-19)24-17-11-4-2-1-3-6-12-18-13-9-10-16-21-18/h5,7-10,13-16H,2,4,11,17H2,(H,22,23). The van der Waals surface area contributed by atoms with E-state index in [4.69, 9.17) is 4.74 Å². The number of carbonyl (C=O) groups is 1. The second-order valence-corrected chi connectivity index (χ2v) is 4.85. The van der Waals surface area contributed by atoms with Crippen molar-refractivity contribution >= 4 is 11.8 Å². The molecule has 0 aliphatic rings. The van der Waals surface area contributed by atoms with Gasteiger partial charge < -0.3 is 4.74 Å². The molecular weight excluding hydrogens is 300 g/mol. The van der Waals surface area contributed by atoms with Crippen LogP contribution < -0.4 is 5.32 Å². The van der Waals surface area contributed by atoms with Gasteiger partial charge in [-0.2, -0.15) is 0 Å². The predicted molar refractivity (Wildman–Crippen MR) is 94.2 cm³/mol. The Kier molecular flexibility index (Phi) is 7.48. The van der Waals surface area contributed by atoms with Crippen molar-refractivity contribution < 1.29 is 9.53 Å². The number of para-hydroxylation sites is 1. The van der Waals surface area contributed by atoms with Gasteiger partial charge in [-0.25, -0.2) is 9.78 Å². The Morgan fingerprint density at radius 1 is 1.04 bits per heavy atom. The molecule has 0 aliphatic heterocycles. The third-order valence-corrected chi connectivity index (χ3v) is 2.96. The number of anilines is 1. The molecule has 0 saturated carbocycles. The molecule has 0 fully saturated rings. The quantitative estimate of drug-likeness (QED) is 0.673. The molecule has 120 valence electrons. The number of hydrogen-bond donors (Lipinski definition) is 1. The lowest BCUT2D eigenvalue weighted by Crippen LogP contribution is -2.14. The lowest BCUT2D eigenvalue weighted by molar-refractivity contribution is 0.159. The van der Waals surface area contributed by atoms with Gasteiger partial charge in [-0.1, -0.05) is 30.2 Å². The Morgan fingerprint density at radius 2 is 1.88 bits per heavy atom. The second-order valence-electron chi connectivity index (χ2n) is 4.85. The average molecular weight is 318 g/mol. The van der Waals surface area contributed by atoms with Crippen LogP contribution in [0.2, 0.25) is 0 Å². The minimum absolute atomic E-state index is 0.375. The van der Waals surface area contributed by atoms with Gasteiger partial charge in [0.2, 0.25) is 0 Å². The van der Waals surface area contributed by atoms with Crippen LogP contribution in [0.4, 0.5) is 10.5 Å². The Labute approximate surface area is 142 Å². The van der Waals surface area contributed by atoms with Gasteiger partial charge in [0.05, 0.1) is 6.61 Å². The zero-order chi connectivity index (χ0) is 16.9. The van der Waals surface area contributed by atoms with E-state index in [1.54, 1.807) is 6.20 Å². The van der Waals surface area contributed by atoms with Crippen LogP contribution in [-0.2, 0) is 4.74 Å². The van der Waals surface area contributed by atoms with Gasteiger partial charge in [-0.05, 0) is 54.9 Å². The third-order valence-electron chi connectivity index (χ3n) is 2.96.